The summed E-state index contributed by atoms with van der Waals surface area (Å²) >= 11 is 1.47. The second-order valence-electron chi connectivity index (χ2n) is 7.40. The van der Waals surface area contributed by atoms with Crippen LogP contribution in [0.4, 0.5) is 0 Å². The van der Waals surface area contributed by atoms with Crippen LogP contribution in [0.3, 0.4) is 0 Å². The largest absolute Gasteiger partial charge is 0.393 e. The lowest BCUT2D eigenvalue weighted by Gasteiger charge is -2.38. The van der Waals surface area contributed by atoms with Gasteiger partial charge in [0.05, 0.1) is 23.4 Å². The van der Waals surface area contributed by atoms with E-state index in [0.29, 0.717) is 19.3 Å². The van der Waals surface area contributed by atoms with Crippen molar-refractivity contribution in [1.82, 2.24) is 10.3 Å². The molecule has 1 aromatic heterocycles. The molecular formula is C20H28N2O4S. The number of carbonyl (C=O) groups excluding carboxylic acids is 2. The molecule has 3 N–H and O–H groups in total. The molecule has 1 saturated carbocycles. The molecule has 1 aromatic rings. The Labute approximate surface area is 164 Å². The van der Waals surface area contributed by atoms with Crippen LogP contribution in [0.1, 0.15) is 63.2 Å². The van der Waals surface area contributed by atoms with Gasteiger partial charge in [-0.25, -0.2) is 4.98 Å². The number of nitrogens with zero attached hydrogens (tertiary/aromatic N) is 1. The average molecular weight is 393 g/mol. The van der Waals surface area contributed by atoms with Gasteiger partial charge >= 0.3 is 0 Å². The summed E-state index contributed by atoms with van der Waals surface area (Å²) in [6.07, 6.45) is 8.02. The number of amides is 1. The van der Waals surface area contributed by atoms with Gasteiger partial charge in [0.2, 0.25) is 5.91 Å². The molecule has 1 amide bonds. The van der Waals surface area contributed by atoms with Crippen molar-refractivity contribution in [3.8, 4) is 0 Å². The predicted octanol–water partition coefficient (Wildman–Crippen LogP) is 2.78. The van der Waals surface area contributed by atoms with Gasteiger partial charge in [-0.05, 0) is 51.2 Å². The van der Waals surface area contributed by atoms with Crippen LogP contribution in [-0.2, 0) is 9.59 Å². The molecule has 4 atom stereocenters. The highest BCUT2D eigenvalue weighted by Gasteiger charge is 2.38. The van der Waals surface area contributed by atoms with Crippen molar-refractivity contribution in [2.24, 2.45) is 5.92 Å². The predicted molar refractivity (Wildman–Crippen MR) is 106 cm³/mol. The molecule has 0 radical (unpaired) electrons. The SMILES string of the molecule is CC(=O)N[C@H](C)c1nc(/C=C/C=C/C(=O)C[C@H]2C[C@@H](O)CC[C@]2(C)O)cs1. The number of thiazole rings is 1. The number of aromatic nitrogens is 1. The third-order valence-corrected chi connectivity index (χ3v) is 5.90. The average Bonchev–Trinajstić information content (AvgIpc) is 3.04. The molecule has 2 rings (SSSR count). The lowest BCUT2D eigenvalue weighted by atomic mass is 9.73. The van der Waals surface area contributed by atoms with Gasteiger partial charge in [0.25, 0.3) is 0 Å². The molecule has 6 nitrogen and oxygen atoms in total. The first-order valence-corrected chi connectivity index (χ1v) is 10.1. The zero-order chi connectivity index (χ0) is 20.0. The molecule has 0 saturated heterocycles. The number of ketones is 1. The van der Waals surface area contributed by atoms with Gasteiger partial charge in [-0.1, -0.05) is 12.2 Å². The Kier molecular flexibility index (Phi) is 7.47. The number of nitrogens with one attached hydrogen (secondary N) is 1. The number of hydrogen-bond acceptors (Lipinski definition) is 6. The molecule has 1 aliphatic rings. The van der Waals surface area contributed by atoms with Gasteiger partial charge in [-0.15, -0.1) is 11.3 Å². The molecule has 27 heavy (non-hydrogen) atoms. The summed E-state index contributed by atoms with van der Waals surface area (Å²) in [6.45, 7) is 5.09. The van der Waals surface area contributed by atoms with Crippen LogP contribution in [-0.4, -0.2) is 38.6 Å². The third-order valence-electron chi connectivity index (χ3n) is 4.86. The molecule has 148 valence electrons. The molecule has 0 bridgehead atoms. The topological polar surface area (TPSA) is 99.5 Å². The van der Waals surface area contributed by atoms with Gasteiger partial charge in [-0.2, -0.15) is 0 Å². The molecule has 0 spiro atoms. The fourth-order valence-electron chi connectivity index (χ4n) is 3.24. The second-order valence-corrected chi connectivity index (χ2v) is 8.29. The molecule has 0 aromatic carbocycles. The number of hydrogen-bond donors (Lipinski definition) is 3. The van der Waals surface area contributed by atoms with Gasteiger partial charge in [0, 0.05) is 18.7 Å². The molecule has 7 heteroatoms. The van der Waals surface area contributed by atoms with E-state index in [9.17, 15) is 19.8 Å². The number of allylic oxidation sites excluding steroid dienone is 3. The minimum absolute atomic E-state index is 0.0720. The fourth-order valence-corrected chi connectivity index (χ4v) is 4.03. The van der Waals surface area contributed by atoms with Crippen molar-refractivity contribution in [2.75, 3.05) is 0 Å². The maximum absolute atomic E-state index is 12.1. The van der Waals surface area contributed by atoms with E-state index < -0.39 is 11.7 Å². The van der Waals surface area contributed by atoms with E-state index >= 15 is 0 Å². The Morgan fingerprint density at radius 2 is 2.22 bits per heavy atom. The Hall–Kier alpha value is -1.83. The van der Waals surface area contributed by atoms with Crippen molar-refractivity contribution in [1.29, 1.82) is 0 Å². The molecular weight excluding hydrogens is 364 g/mol. The van der Waals surface area contributed by atoms with Crippen LogP contribution < -0.4 is 5.32 Å². The van der Waals surface area contributed by atoms with Crippen LogP contribution in [0.5, 0.6) is 0 Å². The number of aliphatic hydroxyl groups excluding tert-OH is 1. The number of carbonyl (C=O) groups is 2. The molecule has 1 fully saturated rings. The first kappa shape index (κ1) is 21.5. The lowest BCUT2D eigenvalue weighted by Crippen LogP contribution is -2.42. The molecule has 0 aliphatic heterocycles. The Morgan fingerprint density at radius 3 is 2.93 bits per heavy atom. The van der Waals surface area contributed by atoms with Crippen LogP contribution in [0.2, 0.25) is 0 Å². The summed E-state index contributed by atoms with van der Waals surface area (Å²) in [4.78, 5) is 27.7. The van der Waals surface area contributed by atoms with E-state index in [2.05, 4.69) is 10.3 Å². The standard InChI is InChI=1S/C20H28N2O4S/c1-13(21-14(2)23)19-22-16(12-27-19)6-4-5-7-17(24)10-15-11-18(25)8-9-20(15,3)26/h4-7,12-13,15,18,25-26H,8-11H2,1-3H3,(H,21,23)/b6-4+,7-5+/t13-,15+,18+,20+/m1/s1. The summed E-state index contributed by atoms with van der Waals surface area (Å²) in [5.74, 6) is -0.392. The third kappa shape index (κ3) is 6.68. The van der Waals surface area contributed by atoms with E-state index in [1.807, 2.05) is 12.3 Å². The number of rotatable bonds is 7. The highest BCUT2D eigenvalue weighted by molar-refractivity contribution is 7.09. The van der Waals surface area contributed by atoms with E-state index in [4.69, 9.17) is 0 Å². The van der Waals surface area contributed by atoms with Crippen LogP contribution in [0.15, 0.2) is 23.6 Å². The second kappa shape index (κ2) is 9.39. The number of aliphatic hydroxyl groups is 2. The Balaban J connectivity index is 1.86. The zero-order valence-corrected chi connectivity index (χ0v) is 16.8. The maximum Gasteiger partial charge on any atom is 0.217 e. The van der Waals surface area contributed by atoms with Crippen molar-refractivity contribution in [3.63, 3.8) is 0 Å². The summed E-state index contributed by atoms with van der Waals surface area (Å²) < 4.78 is 0. The summed E-state index contributed by atoms with van der Waals surface area (Å²) in [5, 5.41) is 25.7. The summed E-state index contributed by atoms with van der Waals surface area (Å²) in [7, 11) is 0. The zero-order valence-electron chi connectivity index (χ0n) is 16.0. The smallest absolute Gasteiger partial charge is 0.217 e. The summed E-state index contributed by atoms with van der Waals surface area (Å²) in [5.41, 5.74) is -0.136. The lowest BCUT2D eigenvalue weighted by molar-refractivity contribution is -0.121. The van der Waals surface area contributed by atoms with Crippen LogP contribution in [0, 0.1) is 5.92 Å². The molecule has 0 unspecified atom stereocenters. The van der Waals surface area contributed by atoms with Crippen molar-refractivity contribution in [2.45, 2.75) is 64.2 Å². The van der Waals surface area contributed by atoms with E-state index in [-0.39, 0.29) is 30.1 Å². The minimum atomic E-state index is -0.903. The highest BCUT2D eigenvalue weighted by Crippen LogP contribution is 2.36. The van der Waals surface area contributed by atoms with Crippen LogP contribution in [0.25, 0.3) is 6.08 Å². The normalized spacial score (nSPS) is 27.1. The van der Waals surface area contributed by atoms with Gasteiger partial charge in [0.15, 0.2) is 5.78 Å². The first-order valence-electron chi connectivity index (χ1n) is 9.18. The summed E-state index contributed by atoms with van der Waals surface area (Å²) in [6, 6.07) is -0.134. The van der Waals surface area contributed by atoms with E-state index in [1.165, 1.54) is 24.3 Å². The Morgan fingerprint density at radius 1 is 1.48 bits per heavy atom. The highest BCUT2D eigenvalue weighted by atomic mass is 32.1. The minimum Gasteiger partial charge on any atom is -0.393 e. The first-order chi connectivity index (χ1) is 12.7. The Bertz CT molecular complexity index is 723. The van der Waals surface area contributed by atoms with Gasteiger partial charge in [-0.3, -0.25) is 9.59 Å². The van der Waals surface area contributed by atoms with Gasteiger partial charge in [0.1, 0.15) is 5.01 Å². The van der Waals surface area contributed by atoms with E-state index in [0.717, 1.165) is 10.7 Å². The quantitative estimate of drug-likeness (QED) is 0.489. The fraction of sp³-hybridized carbons (Fsp3) is 0.550. The van der Waals surface area contributed by atoms with Gasteiger partial charge < -0.3 is 15.5 Å². The molecule has 1 aliphatic carbocycles. The molecule has 1 heterocycles. The van der Waals surface area contributed by atoms with Crippen molar-refractivity contribution in [3.05, 3.63) is 34.3 Å². The van der Waals surface area contributed by atoms with Crippen molar-refractivity contribution >= 4 is 29.1 Å². The van der Waals surface area contributed by atoms with Crippen molar-refractivity contribution < 1.29 is 19.8 Å². The van der Waals surface area contributed by atoms with E-state index in [1.54, 1.807) is 25.2 Å². The maximum atomic E-state index is 12.1. The monoisotopic (exact) mass is 392 g/mol. The van der Waals surface area contributed by atoms with Crippen LogP contribution >= 0.6 is 11.3 Å².